The molecule has 0 aliphatic heterocycles. The summed E-state index contributed by atoms with van der Waals surface area (Å²) >= 11 is 0. The molecule has 0 spiro atoms. The largest absolute Gasteiger partial charge is 0.445 e. The van der Waals surface area contributed by atoms with Gasteiger partial charge in [0.05, 0.1) is 4.90 Å². The van der Waals surface area contributed by atoms with E-state index in [1.165, 1.54) is 12.1 Å². The molecule has 0 saturated carbocycles. The monoisotopic (exact) mass is 349 g/mol. The van der Waals surface area contributed by atoms with E-state index < -0.39 is 16.2 Å². The molecule has 0 heterocycles. The Kier molecular flexibility index (Phi) is 6.34. The van der Waals surface area contributed by atoms with E-state index >= 15 is 0 Å². The van der Waals surface area contributed by atoms with E-state index in [-0.39, 0.29) is 11.5 Å². The van der Waals surface area contributed by atoms with Gasteiger partial charge in [-0.05, 0) is 36.1 Å². The van der Waals surface area contributed by atoms with Gasteiger partial charge in [-0.1, -0.05) is 42.5 Å². The van der Waals surface area contributed by atoms with Gasteiger partial charge < -0.3 is 10.1 Å². The normalized spacial score (nSPS) is 11.0. The quantitative estimate of drug-likeness (QED) is 0.592. The highest BCUT2D eigenvalue weighted by Crippen LogP contribution is 2.11. The van der Waals surface area contributed by atoms with Crippen LogP contribution < -0.4 is 5.32 Å². The molecule has 1 amide bonds. The lowest BCUT2D eigenvalue weighted by atomic mass is 10.1. The molecule has 0 unspecified atom stereocenters. The zero-order valence-corrected chi connectivity index (χ0v) is 13.8. The standard InChI is InChI=1S/C17H19NO5S/c19-17(23-13-15-5-2-1-3-6-15)18-12-4-7-14-8-10-16(11-9-14)24(20,21)22/h1-3,5-6,8-11H,4,7,12-13H2,(H,18,19)(H,20,21,22). The molecule has 6 nitrogen and oxygen atoms in total. The van der Waals surface area contributed by atoms with Gasteiger partial charge in [-0.25, -0.2) is 4.79 Å². The number of carbonyl (C=O) groups excluding carboxylic acids is 1. The molecule has 0 bridgehead atoms. The highest BCUT2D eigenvalue weighted by atomic mass is 32.2. The van der Waals surface area contributed by atoms with Gasteiger partial charge in [-0.15, -0.1) is 0 Å². The van der Waals surface area contributed by atoms with Crippen LogP contribution in [0.25, 0.3) is 0 Å². The van der Waals surface area contributed by atoms with Crippen molar-refractivity contribution in [3.8, 4) is 0 Å². The van der Waals surface area contributed by atoms with Crippen LogP contribution in [0.15, 0.2) is 59.5 Å². The van der Waals surface area contributed by atoms with Gasteiger partial charge in [-0.2, -0.15) is 8.42 Å². The number of hydrogen-bond acceptors (Lipinski definition) is 4. The summed E-state index contributed by atoms with van der Waals surface area (Å²) < 4.78 is 35.9. The van der Waals surface area contributed by atoms with Crippen molar-refractivity contribution < 1.29 is 22.5 Å². The lowest BCUT2D eigenvalue weighted by molar-refractivity contribution is 0.139. The number of benzene rings is 2. The Morgan fingerprint density at radius 2 is 1.67 bits per heavy atom. The SMILES string of the molecule is O=C(NCCCc1ccc(S(=O)(=O)O)cc1)OCc1ccccc1. The predicted octanol–water partition coefficient (Wildman–Crippen LogP) is 2.79. The molecule has 2 N–H and O–H groups in total. The summed E-state index contributed by atoms with van der Waals surface area (Å²) in [7, 11) is -4.16. The summed E-state index contributed by atoms with van der Waals surface area (Å²) in [5.74, 6) is 0. The third-order valence-corrected chi connectivity index (χ3v) is 4.21. The number of carbonyl (C=O) groups is 1. The Hall–Kier alpha value is -2.38. The van der Waals surface area contributed by atoms with E-state index in [1.807, 2.05) is 30.3 Å². The first-order valence-corrected chi connectivity index (χ1v) is 8.90. The number of aryl methyl sites for hydroxylation is 1. The number of hydrogen-bond donors (Lipinski definition) is 2. The molecule has 2 aromatic rings. The van der Waals surface area contributed by atoms with Crippen LogP contribution >= 0.6 is 0 Å². The fourth-order valence-electron chi connectivity index (χ4n) is 2.09. The minimum absolute atomic E-state index is 0.131. The van der Waals surface area contributed by atoms with Gasteiger partial charge in [-0.3, -0.25) is 4.55 Å². The van der Waals surface area contributed by atoms with Crippen LogP contribution in [0.1, 0.15) is 17.5 Å². The summed E-state index contributed by atoms with van der Waals surface area (Å²) in [6.45, 7) is 0.678. The molecule has 24 heavy (non-hydrogen) atoms. The van der Waals surface area contributed by atoms with E-state index in [1.54, 1.807) is 12.1 Å². The minimum atomic E-state index is -4.16. The highest BCUT2D eigenvalue weighted by Gasteiger charge is 2.08. The van der Waals surface area contributed by atoms with Crippen LogP contribution in [0.5, 0.6) is 0 Å². The smallest absolute Gasteiger partial charge is 0.407 e. The van der Waals surface area contributed by atoms with E-state index in [0.717, 1.165) is 11.1 Å². The number of ether oxygens (including phenoxy) is 1. The third-order valence-electron chi connectivity index (χ3n) is 3.35. The van der Waals surface area contributed by atoms with E-state index in [2.05, 4.69) is 5.32 Å². The van der Waals surface area contributed by atoms with Gasteiger partial charge in [0.1, 0.15) is 6.61 Å². The van der Waals surface area contributed by atoms with Crippen molar-refractivity contribution in [1.29, 1.82) is 0 Å². The number of amides is 1. The molecule has 0 aliphatic carbocycles. The van der Waals surface area contributed by atoms with Crippen LogP contribution in [-0.4, -0.2) is 25.6 Å². The zero-order valence-electron chi connectivity index (χ0n) is 13.0. The molecule has 0 radical (unpaired) electrons. The number of rotatable bonds is 7. The van der Waals surface area contributed by atoms with Gasteiger partial charge in [0, 0.05) is 6.54 Å². The highest BCUT2D eigenvalue weighted by molar-refractivity contribution is 7.85. The molecule has 0 atom stereocenters. The van der Waals surface area contributed by atoms with Crippen molar-refractivity contribution in [3.63, 3.8) is 0 Å². The van der Waals surface area contributed by atoms with Crippen molar-refractivity contribution in [2.45, 2.75) is 24.3 Å². The second kappa shape index (κ2) is 8.47. The third kappa shape index (κ3) is 6.02. The summed E-state index contributed by atoms with van der Waals surface area (Å²) in [6, 6.07) is 15.4. The van der Waals surface area contributed by atoms with Crippen LogP contribution in [-0.2, 0) is 27.9 Å². The Labute approximate surface area is 141 Å². The van der Waals surface area contributed by atoms with Crippen LogP contribution in [0.3, 0.4) is 0 Å². The lowest BCUT2D eigenvalue weighted by Gasteiger charge is -2.07. The maximum Gasteiger partial charge on any atom is 0.407 e. The molecule has 2 aromatic carbocycles. The molecule has 2 rings (SSSR count). The van der Waals surface area contributed by atoms with E-state index in [9.17, 15) is 13.2 Å². The molecule has 0 aliphatic rings. The second-order valence-corrected chi connectivity index (χ2v) is 6.63. The minimum Gasteiger partial charge on any atom is -0.445 e. The van der Waals surface area contributed by atoms with Crippen LogP contribution in [0, 0.1) is 0 Å². The second-order valence-electron chi connectivity index (χ2n) is 5.21. The Bertz CT molecular complexity index is 757. The summed E-state index contributed by atoms with van der Waals surface area (Å²) in [4.78, 5) is 11.4. The first-order valence-electron chi connectivity index (χ1n) is 7.46. The van der Waals surface area contributed by atoms with Crippen LogP contribution in [0.2, 0.25) is 0 Å². The zero-order chi connectivity index (χ0) is 17.4. The summed E-state index contributed by atoms with van der Waals surface area (Å²) in [5.41, 5.74) is 1.84. The summed E-state index contributed by atoms with van der Waals surface area (Å²) in [5, 5.41) is 2.66. The fourth-order valence-corrected chi connectivity index (χ4v) is 2.57. The van der Waals surface area contributed by atoms with Gasteiger partial charge in [0.15, 0.2) is 0 Å². The van der Waals surface area contributed by atoms with E-state index in [0.29, 0.717) is 19.4 Å². The first-order chi connectivity index (χ1) is 11.4. The van der Waals surface area contributed by atoms with Crippen molar-refractivity contribution in [2.24, 2.45) is 0 Å². The average molecular weight is 349 g/mol. The Morgan fingerprint density at radius 3 is 2.29 bits per heavy atom. The van der Waals surface area contributed by atoms with Crippen molar-refractivity contribution in [1.82, 2.24) is 5.32 Å². The maximum atomic E-state index is 11.6. The molecule has 0 saturated heterocycles. The predicted molar refractivity (Wildman–Crippen MR) is 89.2 cm³/mol. The van der Waals surface area contributed by atoms with Gasteiger partial charge >= 0.3 is 6.09 Å². The Balaban J connectivity index is 1.66. The average Bonchev–Trinajstić information content (AvgIpc) is 2.57. The van der Waals surface area contributed by atoms with E-state index in [4.69, 9.17) is 9.29 Å². The molecule has 128 valence electrons. The molecule has 7 heteroatoms. The van der Waals surface area contributed by atoms with Crippen LogP contribution in [0.4, 0.5) is 4.79 Å². The summed E-state index contributed by atoms with van der Waals surface area (Å²) in [6.07, 6.45) is 0.886. The van der Waals surface area contributed by atoms with Crippen molar-refractivity contribution in [3.05, 3.63) is 65.7 Å². The van der Waals surface area contributed by atoms with Gasteiger partial charge in [0.25, 0.3) is 10.1 Å². The van der Waals surface area contributed by atoms with Crippen molar-refractivity contribution >= 4 is 16.2 Å². The van der Waals surface area contributed by atoms with Crippen molar-refractivity contribution in [2.75, 3.05) is 6.54 Å². The lowest BCUT2D eigenvalue weighted by Crippen LogP contribution is -2.25. The Morgan fingerprint density at radius 1 is 1.00 bits per heavy atom. The number of alkyl carbamates (subject to hydrolysis) is 1. The molecular weight excluding hydrogens is 330 g/mol. The first kappa shape index (κ1) is 18.0. The fraction of sp³-hybridized carbons (Fsp3) is 0.235. The van der Waals surface area contributed by atoms with Gasteiger partial charge in [0.2, 0.25) is 0 Å². The molecule has 0 aromatic heterocycles. The number of nitrogens with one attached hydrogen (secondary N) is 1. The maximum absolute atomic E-state index is 11.6. The topological polar surface area (TPSA) is 92.7 Å². The molecule has 0 fully saturated rings. The molecular formula is C17H19NO5S.